The van der Waals surface area contributed by atoms with E-state index in [2.05, 4.69) is 41.2 Å². The van der Waals surface area contributed by atoms with Crippen LogP contribution in [-0.4, -0.2) is 41.2 Å². The smallest absolute Gasteiger partial charge is 0.143 e. The van der Waals surface area contributed by atoms with E-state index in [-0.39, 0.29) is 5.75 Å². The molecule has 0 aliphatic carbocycles. The van der Waals surface area contributed by atoms with E-state index in [1.54, 1.807) is 6.07 Å². The van der Waals surface area contributed by atoms with E-state index in [0.29, 0.717) is 11.6 Å². The van der Waals surface area contributed by atoms with Gasteiger partial charge in [0.1, 0.15) is 22.5 Å². The van der Waals surface area contributed by atoms with Gasteiger partial charge in [-0.2, -0.15) is 0 Å². The van der Waals surface area contributed by atoms with Gasteiger partial charge in [0.15, 0.2) is 0 Å². The lowest BCUT2D eigenvalue weighted by molar-refractivity contribution is 0.467. The van der Waals surface area contributed by atoms with Gasteiger partial charge in [-0.05, 0) is 63.3 Å². The summed E-state index contributed by atoms with van der Waals surface area (Å²) in [5.41, 5.74) is 17.0. The quantitative estimate of drug-likeness (QED) is 0.556. The van der Waals surface area contributed by atoms with Crippen LogP contribution in [0.15, 0.2) is 42.5 Å². The number of benzene rings is 2. The van der Waals surface area contributed by atoms with Crippen LogP contribution in [-0.2, 0) is 0 Å². The monoisotopic (exact) mass is 374 g/mol. The molecule has 0 saturated carbocycles. The van der Waals surface area contributed by atoms with Crippen LogP contribution in [0.2, 0.25) is 0 Å². The first-order chi connectivity index (χ1) is 13.2. The predicted molar refractivity (Wildman–Crippen MR) is 114 cm³/mol. The molecule has 0 bridgehead atoms. The number of phenolic OH excluding ortho intramolecular Hbond substituents is 1. The van der Waals surface area contributed by atoms with Gasteiger partial charge < -0.3 is 22.3 Å². The number of phenols is 1. The van der Waals surface area contributed by atoms with Crippen LogP contribution in [0.3, 0.4) is 0 Å². The summed E-state index contributed by atoms with van der Waals surface area (Å²) in [4.78, 5) is 1.52. The highest BCUT2D eigenvalue weighted by Gasteiger charge is 2.12. The standard InChI is InChI=1S/C17H19N3O.3CH5N/c1-3-6-12(2)13-9-10-17(21)16(11-13)20-18-14-7-4-5-8-15(14)19-20;3*1-2/h4-5,7-12,21H,3,6H2,1-2H3;3*2H2,1H3. The molecule has 0 aliphatic heterocycles. The average Bonchev–Trinajstić information content (AvgIpc) is 3.17. The maximum Gasteiger partial charge on any atom is 0.143 e. The summed E-state index contributed by atoms with van der Waals surface area (Å²) in [6.07, 6.45) is 2.26. The van der Waals surface area contributed by atoms with Crippen molar-refractivity contribution in [3.63, 3.8) is 0 Å². The zero-order valence-electron chi connectivity index (χ0n) is 17.1. The molecule has 0 radical (unpaired) electrons. The minimum atomic E-state index is 0.197. The van der Waals surface area contributed by atoms with Crippen LogP contribution >= 0.6 is 0 Å². The van der Waals surface area contributed by atoms with Gasteiger partial charge in [0, 0.05) is 0 Å². The first-order valence-corrected chi connectivity index (χ1v) is 9.07. The van der Waals surface area contributed by atoms with Crippen LogP contribution in [0.5, 0.6) is 5.75 Å². The molecule has 2 aromatic carbocycles. The Labute approximate surface area is 162 Å². The van der Waals surface area contributed by atoms with E-state index in [4.69, 9.17) is 0 Å². The van der Waals surface area contributed by atoms with Gasteiger partial charge in [-0.15, -0.1) is 15.0 Å². The summed E-state index contributed by atoms with van der Waals surface area (Å²) in [6.45, 7) is 4.38. The molecule has 27 heavy (non-hydrogen) atoms. The highest BCUT2D eigenvalue weighted by Crippen LogP contribution is 2.28. The molecule has 0 aliphatic rings. The van der Waals surface area contributed by atoms with Crippen molar-refractivity contribution in [3.8, 4) is 11.4 Å². The zero-order valence-corrected chi connectivity index (χ0v) is 17.1. The molecular weight excluding hydrogens is 340 g/mol. The zero-order chi connectivity index (χ0) is 20.8. The molecule has 3 aromatic rings. The summed E-state index contributed by atoms with van der Waals surface area (Å²) in [5, 5.41) is 19.0. The number of rotatable bonds is 4. The molecule has 0 spiro atoms. The first kappa shape index (κ1) is 24.5. The Morgan fingerprint density at radius 2 is 1.44 bits per heavy atom. The maximum atomic E-state index is 10.1. The second-order valence-electron chi connectivity index (χ2n) is 5.42. The topological polar surface area (TPSA) is 129 Å². The van der Waals surface area contributed by atoms with Crippen LogP contribution in [0.25, 0.3) is 16.7 Å². The van der Waals surface area contributed by atoms with Crippen molar-refractivity contribution in [1.29, 1.82) is 0 Å². The van der Waals surface area contributed by atoms with Gasteiger partial charge in [0.25, 0.3) is 0 Å². The molecule has 7 nitrogen and oxygen atoms in total. The van der Waals surface area contributed by atoms with E-state index in [1.165, 1.54) is 31.5 Å². The van der Waals surface area contributed by atoms with Crippen molar-refractivity contribution in [2.45, 2.75) is 32.6 Å². The Kier molecular flexibility index (Phi) is 12.4. The van der Waals surface area contributed by atoms with Crippen LogP contribution in [0, 0.1) is 0 Å². The van der Waals surface area contributed by atoms with E-state index in [1.807, 2.05) is 36.4 Å². The van der Waals surface area contributed by atoms with Crippen molar-refractivity contribution in [3.05, 3.63) is 48.0 Å². The number of aromatic hydroxyl groups is 1. The predicted octanol–water partition coefficient (Wildman–Crippen LogP) is 2.75. The molecule has 0 fully saturated rings. The number of fused-ring (bicyclic) bond motifs is 1. The minimum absolute atomic E-state index is 0.197. The summed E-state index contributed by atoms with van der Waals surface area (Å²) >= 11 is 0. The average molecular weight is 375 g/mol. The largest absolute Gasteiger partial charge is 0.506 e. The molecule has 1 unspecified atom stereocenters. The Morgan fingerprint density at radius 3 is 1.93 bits per heavy atom. The molecule has 1 atom stereocenters. The van der Waals surface area contributed by atoms with Crippen LogP contribution < -0.4 is 17.2 Å². The summed E-state index contributed by atoms with van der Waals surface area (Å²) < 4.78 is 0. The van der Waals surface area contributed by atoms with E-state index in [9.17, 15) is 5.11 Å². The second-order valence-corrected chi connectivity index (χ2v) is 5.42. The minimum Gasteiger partial charge on any atom is -0.506 e. The molecule has 150 valence electrons. The van der Waals surface area contributed by atoms with Gasteiger partial charge in [0.05, 0.1) is 0 Å². The van der Waals surface area contributed by atoms with Gasteiger partial charge in [0.2, 0.25) is 0 Å². The number of nitrogens with two attached hydrogens (primary N) is 3. The van der Waals surface area contributed by atoms with Crippen molar-refractivity contribution in [2.75, 3.05) is 21.1 Å². The Balaban J connectivity index is 0.00000103. The highest BCUT2D eigenvalue weighted by atomic mass is 16.3. The third-order valence-electron chi connectivity index (χ3n) is 3.79. The number of aromatic nitrogens is 3. The fraction of sp³-hybridized carbons (Fsp3) is 0.400. The first-order valence-electron chi connectivity index (χ1n) is 9.07. The fourth-order valence-corrected chi connectivity index (χ4v) is 2.57. The SMILES string of the molecule is CCCC(C)c1ccc(O)c(-n2nc3ccccc3n2)c1.CN.CN.CN. The number of hydrogen-bond donors (Lipinski definition) is 4. The van der Waals surface area contributed by atoms with Crippen molar-refractivity contribution in [1.82, 2.24) is 15.0 Å². The molecule has 1 aromatic heterocycles. The molecule has 0 saturated heterocycles. The van der Waals surface area contributed by atoms with E-state index >= 15 is 0 Å². The lowest BCUT2D eigenvalue weighted by atomic mass is 9.96. The summed E-state index contributed by atoms with van der Waals surface area (Å²) in [5.74, 6) is 0.655. The van der Waals surface area contributed by atoms with Crippen LogP contribution in [0.1, 0.15) is 38.2 Å². The lowest BCUT2D eigenvalue weighted by Gasteiger charge is -2.12. The Morgan fingerprint density at radius 1 is 0.926 bits per heavy atom. The van der Waals surface area contributed by atoms with Gasteiger partial charge >= 0.3 is 0 Å². The maximum absolute atomic E-state index is 10.1. The molecule has 7 heteroatoms. The van der Waals surface area contributed by atoms with Gasteiger partial charge in [-0.3, -0.25) is 0 Å². The molecule has 7 N–H and O–H groups in total. The Bertz CT molecular complexity index is 739. The van der Waals surface area contributed by atoms with Crippen molar-refractivity contribution < 1.29 is 5.11 Å². The molecule has 0 amide bonds. The normalized spacial score (nSPS) is 10.5. The molecule has 3 rings (SSSR count). The number of nitrogens with zero attached hydrogens (tertiary/aromatic N) is 3. The van der Waals surface area contributed by atoms with E-state index < -0.39 is 0 Å². The van der Waals surface area contributed by atoms with E-state index in [0.717, 1.165) is 23.9 Å². The Hall–Kier alpha value is -2.48. The molecular formula is C20H34N6O. The van der Waals surface area contributed by atoms with Gasteiger partial charge in [-0.25, -0.2) is 0 Å². The van der Waals surface area contributed by atoms with Gasteiger partial charge in [-0.1, -0.05) is 38.5 Å². The summed E-state index contributed by atoms with van der Waals surface area (Å²) in [6, 6.07) is 13.4. The van der Waals surface area contributed by atoms with Crippen LogP contribution in [0.4, 0.5) is 0 Å². The lowest BCUT2D eigenvalue weighted by Crippen LogP contribution is -2.01. The third-order valence-corrected chi connectivity index (χ3v) is 3.79. The highest BCUT2D eigenvalue weighted by molar-refractivity contribution is 5.73. The second kappa shape index (κ2) is 13.7. The summed E-state index contributed by atoms with van der Waals surface area (Å²) in [7, 11) is 4.50. The third kappa shape index (κ3) is 6.63. The van der Waals surface area contributed by atoms with Crippen molar-refractivity contribution >= 4 is 11.0 Å². The molecule has 1 heterocycles. The number of hydrogen-bond acceptors (Lipinski definition) is 6. The fourth-order valence-electron chi connectivity index (χ4n) is 2.57. The van der Waals surface area contributed by atoms with Crippen molar-refractivity contribution in [2.24, 2.45) is 17.2 Å².